The molecule has 1 unspecified atom stereocenters. The Hall–Kier alpha value is 0.350. The molecule has 1 heterocycles. The highest BCUT2D eigenvalue weighted by Crippen LogP contribution is 2.36. The monoisotopic (exact) mass is 371 g/mol. The van der Waals surface area contributed by atoms with Crippen LogP contribution in [0.1, 0.15) is 33.6 Å². The van der Waals surface area contributed by atoms with E-state index in [4.69, 9.17) is 0 Å². The molecule has 1 saturated heterocycles. The zero-order valence-corrected chi connectivity index (χ0v) is 14.5. The van der Waals surface area contributed by atoms with E-state index in [0.29, 0.717) is 10.7 Å². The molecule has 1 rings (SSSR count). The summed E-state index contributed by atoms with van der Waals surface area (Å²) in [6, 6.07) is 0. The Labute approximate surface area is 127 Å². The lowest BCUT2D eigenvalue weighted by Gasteiger charge is -2.24. The van der Waals surface area contributed by atoms with Crippen molar-refractivity contribution in [3.63, 3.8) is 0 Å². The van der Waals surface area contributed by atoms with Crippen molar-refractivity contribution in [1.29, 1.82) is 0 Å². The first-order valence-corrected chi connectivity index (χ1v) is 7.13. The third-order valence-electron chi connectivity index (χ3n) is 2.83. The van der Waals surface area contributed by atoms with Gasteiger partial charge >= 0.3 is 0 Å². The fourth-order valence-electron chi connectivity index (χ4n) is 1.77. The van der Waals surface area contributed by atoms with Crippen LogP contribution in [0.2, 0.25) is 0 Å². The number of halogens is 1. The molecule has 0 spiro atoms. The molecule has 0 saturated carbocycles. The number of guanidine groups is 1. The summed E-state index contributed by atoms with van der Waals surface area (Å²) in [6.07, 6.45) is 2.66. The number of nitrogens with zero attached hydrogens (tertiary/aromatic N) is 1. The smallest absolute Gasteiger partial charge is 0.191 e. The Bertz CT molecular complexity index is 238. The van der Waals surface area contributed by atoms with E-state index >= 15 is 0 Å². The first-order chi connectivity index (χ1) is 7.56. The summed E-state index contributed by atoms with van der Waals surface area (Å²) < 4.78 is 0.398. The average molecular weight is 371 g/mol. The highest BCUT2D eigenvalue weighted by atomic mass is 127. The van der Waals surface area contributed by atoms with Crippen LogP contribution in [0, 0.1) is 5.92 Å². The molecule has 5 heteroatoms. The van der Waals surface area contributed by atoms with Crippen LogP contribution in [-0.4, -0.2) is 36.6 Å². The quantitative estimate of drug-likeness (QED) is 0.453. The molecule has 0 radical (unpaired) electrons. The van der Waals surface area contributed by atoms with Gasteiger partial charge in [-0.15, -0.1) is 24.0 Å². The summed E-state index contributed by atoms with van der Waals surface area (Å²) in [5.74, 6) is 2.88. The molecule has 0 aromatic rings. The summed E-state index contributed by atoms with van der Waals surface area (Å²) in [7, 11) is 1.83. The summed E-state index contributed by atoms with van der Waals surface area (Å²) in [4.78, 5) is 4.24. The van der Waals surface area contributed by atoms with Crippen LogP contribution in [-0.2, 0) is 0 Å². The van der Waals surface area contributed by atoms with Gasteiger partial charge in [0.05, 0.1) is 0 Å². The van der Waals surface area contributed by atoms with Crippen LogP contribution in [0.3, 0.4) is 0 Å². The normalized spacial score (nSPS) is 24.6. The molecule has 1 aliphatic heterocycles. The minimum Gasteiger partial charge on any atom is -0.356 e. The van der Waals surface area contributed by atoms with E-state index in [-0.39, 0.29) is 24.0 Å². The van der Waals surface area contributed by atoms with Gasteiger partial charge in [0, 0.05) is 24.9 Å². The number of hydrogen-bond donors (Lipinski definition) is 2. The minimum absolute atomic E-state index is 0. The van der Waals surface area contributed by atoms with Crippen molar-refractivity contribution in [1.82, 2.24) is 10.6 Å². The maximum atomic E-state index is 4.24. The predicted molar refractivity (Wildman–Crippen MR) is 89.7 cm³/mol. The van der Waals surface area contributed by atoms with E-state index in [0.717, 1.165) is 19.0 Å². The lowest BCUT2D eigenvalue weighted by Crippen LogP contribution is -2.44. The Morgan fingerprint density at radius 2 is 2.12 bits per heavy atom. The molecule has 0 aliphatic carbocycles. The van der Waals surface area contributed by atoms with Gasteiger partial charge in [-0.2, -0.15) is 11.8 Å². The van der Waals surface area contributed by atoms with Crippen molar-refractivity contribution in [2.45, 2.75) is 38.4 Å². The van der Waals surface area contributed by atoms with Gasteiger partial charge < -0.3 is 10.6 Å². The summed E-state index contributed by atoms with van der Waals surface area (Å²) in [5.41, 5.74) is 0. The highest BCUT2D eigenvalue weighted by molar-refractivity contribution is 14.0. The van der Waals surface area contributed by atoms with Crippen molar-refractivity contribution >= 4 is 41.7 Å². The maximum absolute atomic E-state index is 4.24. The van der Waals surface area contributed by atoms with E-state index in [1.165, 1.54) is 18.6 Å². The van der Waals surface area contributed by atoms with Crippen LogP contribution in [0.4, 0.5) is 0 Å². The molecule has 102 valence electrons. The van der Waals surface area contributed by atoms with Gasteiger partial charge in [0.15, 0.2) is 5.96 Å². The number of rotatable bonds is 4. The summed E-state index contributed by atoms with van der Waals surface area (Å²) >= 11 is 2.08. The van der Waals surface area contributed by atoms with Crippen molar-refractivity contribution in [2.24, 2.45) is 10.9 Å². The summed E-state index contributed by atoms with van der Waals surface area (Å²) in [5, 5.41) is 6.76. The second-order valence-electron chi connectivity index (χ2n) is 5.10. The fourth-order valence-corrected chi connectivity index (χ4v) is 3.01. The van der Waals surface area contributed by atoms with E-state index in [2.05, 4.69) is 48.2 Å². The Balaban J connectivity index is 0.00000256. The predicted octanol–water partition coefficient (Wildman–Crippen LogP) is 2.71. The highest BCUT2D eigenvalue weighted by Gasteiger charge is 2.29. The van der Waals surface area contributed by atoms with Crippen LogP contribution < -0.4 is 10.6 Å². The van der Waals surface area contributed by atoms with Crippen molar-refractivity contribution in [2.75, 3.05) is 25.9 Å². The zero-order chi connectivity index (χ0) is 12.0. The zero-order valence-electron chi connectivity index (χ0n) is 11.4. The first kappa shape index (κ1) is 17.4. The van der Waals surface area contributed by atoms with Crippen LogP contribution in [0.5, 0.6) is 0 Å². The van der Waals surface area contributed by atoms with Gasteiger partial charge in [0.1, 0.15) is 0 Å². The van der Waals surface area contributed by atoms with E-state index < -0.39 is 0 Å². The second kappa shape index (κ2) is 8.45. The van der Waals surface area contributed by atoms with Crippen LogP contribution in [0.25, 0.3) is 0 Å². The topological polar surface area (TPSA) is 36.4 Å². The fraction of sp³-hybridized carbons (Fsp3) is 0.917. The lowest BCUT2D eigenvalue weighted by molar-refractivity contribution is 0.573. The SMILES string of the molecule is CN=C(NCC(C)C)NCC1(C)CCCS1.I. The van der Waals surface area contributed by atoms with Gasteiger partial charge in [0.25, 0.3) is 0 Å². The van der Waals surface area contributed by atoms with Crippen LogP contribution in [0.15, 0.2) is 4.99 Å². The van der Waals surface area contributed by atoms with Gasteiger partial charge in [-0.25, -0.2) is 0 Å². The molecule has 0 amide bonds. The molecule has 3 nitrogen and oxygen atoms in total. The van der Waals surface area contributed by atoms with E-state index in [1.54, 1.807) is 0 Å². The summed E-state index contributed by atoms with van der Waals surface area (Å²) in [6.45, 7) is 8.73. The molecule has 0 aromatic carbocycles. The number of nitrogens with one attached hydrogen (secondary N) is 2. The average Bonchev–Trinajstić information content (AvgIpc) is 2.65. The number of aliphatic imine (C=N–C) groups is 1. The number of thioether (sulfide) groups is 1. The lowest BCUT2D eigenvalue weighted by atomic mass is 10.1. The van der Waals surface area contributed by atoms with Crippen molar-refractivity contribution in [3.05, 3.63) is 0 Å². The van der Waals surface area contributed by atoms with Gasteiger partial charge in [-0.3, -0.25) is 4.99 Å². The minimum atomic E-state index is 0. The Kier molecular flexibility index (Phi) is 8.63. The maximum Gasteiger partial charge on any atom is 0.191 e. The molecule has 2 N–H and O–H groups in total. The number of hydrogen-bond acceptors (Lipinski definition) is 2. The third kappa shape index (κ3) is 6.74. The molecule has 1 atom stereocenters. The van der Waals surface area contributed by atoms with Crippen LogP contribution >= 0.6 is 35.7 Å². The Morgan fingerprint density at radius 1 is 1.41 bits per heavy atom. The molecule has 0 aromatic heterocycles. The van der Waals surface area contributed by atoms with Gasteiger partial charge in [-0.1, -0.05) is 13.8 Å². The molecular weight excluding hydrogens is 345 g/mol. The first-order valence-electron chi connectivity index (χ1n) is 6.14. The van der Waals surface area contributed by atoms with E-state index in [9.17, 15) is 0 Å². The Morgan fingerprint density at radius 3 is 2.59 bits per heavy atom. The molecule has 1 aliphatic rings. The van der Waals surface area contributed by atoms with Crippen molar-refractivity contribution < 1.29 is 0 Å². The van der Waals surface area contributed by atoms with Gasteiger partial charge in [-0.05, 0) is 31.4 Å². The van der Waals surface area contributed by atoms with E-state index in [1.807, 2.05) is 7.05 Å². The van der Waals surface area contributed by atoms with Gasteiger partial charge in [0.2, 0.25) is 0 Å². The third-order valence-corrected chi connectivity index (χ3v) is 4.37. The largest absolute Gasteiger partial charge is 0.356 e. The molecule has 17 heavy (non-hydrogen) atoms. The second-order valence-corrected chi connectivity index (χ2v) is 6.78. The molecule has 1 fully saturated rings. The molecular formula is C12H26IN3S. The van der Waals surface area contributed by atoms with Crippen molar-refractivity contribution in [3.8, 4) is 0 Å². The standard InChI is InChI=1S/C12H25N3S.HI/c1-10(2)8-14-11(13-4)15-9-12(3)6-5-7-16-12;/h10H,5-9H2,1-4H3,(H2,13,14,15);1H. The molecule has 0 bridgehead atoms.